The second-order valence-corrected chi connectivity index (χ2v) is 4.57. The number of carbonyl (C=O) groups is 1. The molecule has 0 atom stereocenters. The zero-order chi connectivity index (χ0) is 13.1. The second-order valence-electron chi connectivity index (χ2n) is 4.57. The number of ether oxygens (including phenoxy) is 1. The van der Waals surface area contributed by atoms with Crippen LogP contribution in [0.15, 0.2) is 18.2 Å². The molecule has 0 aromatic heterocycles. The van der Waals surface area contributed by atoms with Gasteiger partial charge in [-0.15, -0.1) is 0 Å². The minimum Gasteiger partial charge on any atom is -0.489 e. The molecular formula is C13H16FNO3. The molecule has 18 heavy (non-hydrogen) atoms. The van der Waals surface area contributed by atoms with Crippen LogP contribution in [0.4, 0.5) is 4.39 Å². The molecule has 5 heteroatoms. The molecule has 0 amide bonds. The van der Waals surface area contributed by atoms with E-state index in [1.54, 1.807) is 0 Å². The van der Waals surface area contributed by atoms with Gasteiger partial charge < -0.3 is 15.6 Å². The van der Waals surface area contributed by atoms with Crippen molar-refractivity contribution in [3.63, 3.8) is 0 Å². The van der Waals surface area contributed by atoms with Crippen molar-refractivity contribution in [2.75, 3.05) is 0 Å². The van der Waals surface area contributed by atoms with E-state index in [1.807, 2.05) is 0 Å². The Kier molecular flexibility index (Phi) is 3.81. The van der Waals surface area contributed by atoms with Gasteiger partial charge in [0.2, 0.25) is 0 Å². The lowest BCUT2D eigenvalue weighted by atomic mass is 9.93. The number of nitrogens with two attached hydrogens (primary N) is 1. The average Bonchev–Trinajstić information content (AvgIpc) is 2.32. The molecule has 0 saturated heterocycles. The van der Waals surface area contributed by atoms with Crippen molar-refractivity contribution in [2.45, 2.75) is 37.8 Å². The third kappa shape index (κ3) is 2.79. The molecule has 4 nitrogen and oxygen atoms in total. The van der Waals surface area contributed by atoms with Gasteiger partial charge >= 0.3 is 5.97 Å². The molecule has 98 valence electrons. The predicted octanol–water partition coefficient (Wildman–Crippen LogP) is 2.17. The van der Waals surface area contributed by atoms with Gasteiger partial charge in [-0.25, -0.2) is 9.18 Å². The minimum absolute atomic E-state index is 0.0790. The molecule has 0 heterocycles. The van der Waals surface area contributed by atoms with Crippen molar-refractivity contribution >= 4 is 5.97 Å². The van der Waals surface area contributed by atoms with Gasteiger partial charge in [-0.2, -0.15) is 0 Å². The first kappa shape index (κ1) is 12.8. The summed E-state index contributed by atoms with van der Waals surface area (Å²) in [4.78, 5) is 11.0. The Balaban J connectivity index is 2.14. The summed E-state index contributed by atoms with van der Waals surface area (Å²) in [7, 11) is 0. The van der Waals surface area contributed by atoms with Crippen molar-refractivity contribution in [1.82, 2.24) is 0 Å². The SMILES string of the molecule is NC1CCC(Oc2cccc(F)c2C(=O)O)CC1. The van der Waals surface area contributed by atoms with E-state index >= 15 is 0 Å². The van der Waals surface area contributed by atoms with E-state index in [9.17, 15) is 9.18 Å². The Bertz CT molecular complexity index is 442. The van der Waals surface area contributed by atoms with Gasteiger partial charge in [0.1, 0.15) is 17.1 Å². The van der Waals surface area contributed by atoms with Gasteiger partial charge in [0, 0.05) is 6.04 Å². The molecule has 1 aromatic rings. The molecule has 0 radical (unpaired) electrons. The van der Waals surface area contributed by atoms with Crippen LogP contribution in [-0.2, 0) is 0 Å². The Labute approximate surface area is 105 Å². The first-order chi connectivity index (χ1) is 8.58. The number of hydrogen-bond donors (Lipinski definition) is 2. The van der Waals surface area contributed by atoms with Gasteiger partial charge in [-0.1, -0.05) is 6.07 Å². The lowest BCUT2D eigenvalue weighted by Gasteiger charge is -2.27. The van der Waals surface area contributed by atoms with Crippen molar-refractivity contribution < 1.29 is 19.0 Å². The first-order valence-corrected chi connectivity index (χ1v) is 6.02. The molecule has 3 N–H and O–H groups in total. The third-order valence-electron chi connectivity index (χ3n) is 3.20. The molecule has 0 aliphatic heterocycles. The number of aromatic carboxylic acids is 1. The highest BCUT2D eigenvalue weighted by Crippen LogP contribution is 2.27. The summed E-state index contributed by atoms with van der Waals surface area (Å²) in [6.45, 7) is 0. The van der Waals surface area contributed by atoms with Crippen LogP contribution in [0.3, 0.4) is 0 Å². The topological polar surface area (TPSA) is 72.5 Å². The zero-order valence-corrected chi connectivity index (χ0v) is 9.93. The molecule has 0 bridgehead atoms. The summed E-state index contributed by atoms with van der Waals surface area (Å²) in [5.41, 5.74) is 5.39. The van der Waals surface area contributed by atoms with Crippen molar-refractivity contribution in [1.29, 1.82) is 0 Å². The van der Waals surface area contributed by atoms with E-state index in [2.05, 4.69) is 0 Å². The summed E-state index contributed by atoms with van der Waals surface area (Å²) in [6, 6.07) is 4.25. The molecular weight excluding hydrogens is 237 g/mol. The number of carboxylic acid groups (broad SMARTS) is 1. The van der Waals surface area contributed by atoms with Gasteiger partial charge in [-0.3, -0.25) is 0 Å². The summed E-state index contributed by atoms with van der Waals surface area (Å²) in [5.74, 6) is -1.98. The smallest absolute Gasteiger partial charge is 0.342 e. The predicted molar refractivity (Wildman–Crippen MR) is 64.2 cm³/mol. The minimum atomic E-state index is -1.31. The highest BCUT2D eigenvalue weighted by molar-refractivity contribution is 5.91. The van der Waals surface area contributed by atoms with E-state index in [1.165, 1.54) is 12.1 Å². The molecule has 1 aliphatic carbocycles. The van der Waals surface area contributed by atoms with Crippen LogP contribution in [-0.4, -0.2) is 23.2 Å². The molecule has 0 spiro atoms. The van der Waals surface area contributed by atoms with Crippen molar-refractivity contribution in [2.24, 2.45) is 5.73 Å². The van der Waals surface area contributed by atoms with Crippen molar-refractivity contribution in [3.8, 4) is 5.75 Å². The lowest BCUT2D eigenvalue weighted by Crippen LogP contribution is -2.32. The summed E-state index contributed by atoms with van der Waals surface area (Å²) in [6.07, 6.45) is 3.17. The van der Waals surface area contributed by atoms with E-state index in [0.717, 1.165) is 31.7 Å². The fourth-order valence-corrected chi connectivity index (χ4v) is 2.20. The van der Waals surface area contributed by atoms with Crippen LogP contribution >= 0.6 is 0 Å². The van der Waals surface area contributed by atoms with Crippen LogP contribution in [0.5, 0.6) is 5.75 Å². The number of hydrogen-bond acceptors (Lipinski definition) is 3. The molecule has 2 rings (SSSR count). The summed E-state index contributed by atoms with van der Waals surface area (Å²) < 4.78 is 19.0. The molecule has 1 aromatic carbocycles. The van der Waals surface area contributed by atoms with Crippen LogP contribution in [0.2, 0.25) is 0 Å². The number of benzene rings is 1. The largest absolute Gasteiger partial charge is 0.489 e. The van der Waals surface area contributed by atoms with Gasteiger partial charge in [0.25, 0.3) is 0 Å². The third-order valence-corrected chi connectivity index (χ3v) is 3.20. The standard InChI is InChI=1S/C13H16FNO3/c14-10-2-1-3-11(12(10)13(16)17)18-9-6-4-8(15)5-7-9/h1-3,8-9H,4-7,15H2,(H,16,17). The molecule has 1 aliphatic rings. The van der Waals surface area contributed by atoms with E-state index < -0.39 is 17.3 Å². The van der Waals surface area contributed by atoms with Crippen LogP contribution < -0.4 is 10.5 Å². The normalized spacial score (nSPS) is 23.7. The quantitative estimate of drug-likeness (QED) is 0.866. The second kappa shape index (κ2) is 5.35. The lowest BCUT2D eigenvalue weighted by molar-refractivity contribution is 0.0679. The summed E-state index contributed by atoms with van der Waals surface area (Å²) in [5, 5.41) is 8.98. The Morgan fingerprint density at radius 1 is 1.33 bits per heavy atom. The maximum absolute atomic E-state index is 13.4. The van der Waals surface area contributed by atoms with Crippen LogP contribution in [0, 0.1) is 5.82 Å². The van der Waals surface area contributed by atoms with Crippen LogP contribution in [0.25, 0.3) is 0 Å². The maximum atomic E-state index is 13.4. The molecule has 1 fully saturated rings. The fourth-order valence-electron chi connectivity index (χ4n) is 2.20. The van der Waals surface area contributed by atoms with Gasteiger partial charge in [0.05, 0.1) is 6.10 Å². The van der Waals surface area contributed by atoms with Gasteiger partial charge in [0.15, 0.2) is 0 Å². The van der Waals surface area contributed by atoms with E-state index in [-0.39, 0.29) is 17.9 Å². The fraction of sp³-hybridized carbons (Fsp3) is 0.462. The first-order valence-electron chi connectivity index (χ1n) is 6.02. The zero-order valence-electron chi connectivity index (χ0n) is 9.93. The van der Waals surface area contributed by atoms with E-state index in [0.29, 0.717) is 0 Å². The average molecular weight is 253 g/mol. The molecule has 1 saturated carbocycles. The highest BCUT2D eigenvalue weighted by Gasteiger charge is 2.23. The monoisotopic (exact) mass is 253 g/mol. The number of rotatable bonds is 3. The summed E-state index contributed by atoms with van der Waals surface area (Å²) >= 11 is 0. The van der Waals surface area contributed by atoms with Crippen molar-refractivity contribution in [3.05, 3.63) is 29.6 Å². The Morgan fingerprint density at radius 2 is 2.00 bits per heavy atom. The number of halogens is 1. The Hall–Kier alpha value is -1.62. The maximum Gasteiger partial charge on any atom is 0.342 e. The Morgan fingerprint density at radius 3 is 2.61 bits per heavy atom. The number of carboxylic acids is 1. The van der Waals surface area contributed by atoms with E-state index in [4.69, 9.17) is 15.6 Å². The molecule has 0 unspecified atom stereocenters. The highest BCUT2D eigenvalue weighted by atomic mass is 19.1. The van der Waals surface area contributed by atoms with Gasteiger partial charge in [-0.05, 0) is 37.8 Å². The van der Waals surface area contributed by atoms with Crippen LogP contribution in [0.1, 0.15) is 36.0 Å².